The van der Waals surface area contributed by atoms with Crippen LogP contribution >= 0.6 is 35.3 Å². The molecular weight excluding hydrogens is 832 g/mol. The van der Waals surface area contributed by atoms with Gasteiger partial charge in [0.05, 0.1) is 0 Å². The molecule has 2 aliphatic rings. The first-order valence-corrected chi connectivity index (χ1v) is 20.4. The van der Waals surface area contributed by atoms with Crippen molar-refractivity contribution < 1.29 is 51.9 Å². The SMILES string of the molecule is CCC(C=C1[Se]c2ccc(C)cc2N1CCCS(=O)(=O)O)=c1o/c(=c2/s/c(=C3/SC(=S)N(CC(=O)O)C3=O)n(CC(=O)O)c2=O)n(CC(=O)O)c1=O. The molecule has 0 unspecified atom stereocenters. The number of carbonyl (C=O) groups is 4. The van der Waals surface area contributed by atoms with Gasteiger partial charge < -0.3 is 5.11 Å². The van der Waals surface area contributed by atoms with Gasteiger partial charge in [-0.2, -0.15) is 0 Å². The Hall–Kier alpha value is -4.31. The number of hydrogen-bond acceptors (Lipinski definition) is 13. The molecule has 0 radical (unpaired) electrons. The minimum atomic E-state index is -4.23. The topological polar surface area (TPSA) is 247 Å². The van der Waals surface area contributed by atoms with E-state index in [2.05, 4.69) is 0 Å². The van der Waals surface area contributed by atoms with Crippen LogP contribution in [0.4, 0.5) is 5.69 Å². The Balaban J connectivity index is 1.80. The minimum absolute atomic E-state index is 0.0827. The number of amides is 1. The molecule has 276 valence electrons. The van der Waals surface area contributed by atoms with E-state index in [0.29, 0.717) is 37.8 Å². The van der Waals surface area contributed by atoms with Crippen LogP contribution in [0.15, 0.2) is 42.9 Å². The first-order chi connectivity index (χ1) is 24.4. The van der Waals surface area contributed by atoms with E-state index in [4.69, 9.17) is 16.6 Å². The normalized spacial score (nSPS) is 17.6. The van der Waals surface area contributed by atoms with Crippen molar-refractivity contribution in [3.8, 4) is 0 Å². The predicted octanol–water partition coefficient (Wildman–Crippen LogP) is -0.988. The van der Waals surface area contributed by atoms with E-state index < -0.39 is 80.5 Å². The van der Waals surface area contributed by atoms with Crippen LogP contribution in [-0.4, -0.2) is 104 Å². The van der Waals surface area contributed by atoms with Crippen LogP contribution in [0.2, 0.25) is 0 Å². The van der Waals surface area contributed by atoms with Crippen molar-refractivity contribution in [3.05, 3.63) is 75.3 Å². The summed E-state index contributed by atoms with van der Waals surface area (Å²) in [5.41, 5.74) is -0.660. The number of thiocarbonyl (C=S) groups is 1. The molecule has 3 aromatic rings. The van der Waals surface area contributed by atoms with Gasteiger partial charge >= 0.3 is 285 Å². The van der Waals surface area contributed by atoms with Gasteiger partial charge in [-0.25, -0.2) is 0 Å². The van der Waals surface area contributed by atoms with Crippen molar-refractivity contribution in [2.75, 3.05) is 23.7 Å². The summed E-state index contributed by atoms with van der Waals surface area (Å²) in [6.45, 7) is 1.13. The number of oxazole rings is 1. The van der Waals surface area contributed by atoms with Gasteiger partial charge in [0.15, 0.2) is 0 Å². The number of carbonyl (C=O) groups excluding carboxylic acids is 1. The summed E-state index contributed by atoms with van der Waals surface area (Å²) >= 11 is 6.02. The number of thiazole rings is 1. The summed E-state index contributed by atoms with van der Waals surface area (Å²) in [5, 5.41) is 28.5. The summed E-state index contributed by atoms with van der Waals surface area (Å²) in [6.07, 6.45) is 1.95. The number of fused-ring (bicyclic) bond motifs is 1. The standard InChI is InChI=1S/C30H28N4O13S4Se/c1-3-15(10-18-31(7-4-8-51(44,45)46)16-9-14(2)5-6-17(16)52-18)22-25(41)32(11-19(35)36)28(47-22)23-26(42)33(12-20(37)38)29(49-23)24-27(43)34(13-21(39)40)30(48)50-24/h5-6,9-10H,3-4,7-8,11-13H2,1-2H3,(H,35,36)(H,37,38)(H,39,40)(H,44,45,46)/b18-10?,22-15?,28-23+,29-24+. The van der Waals surface area contributed by atoms with Crippen molar-refractivity contribution in [1.29, 1.82) is 0 Å². The molecule has 1 saturated heterocycles. The molecule has 2 aromatic heterocycles. The van der Waals surface area contributed by atoms with Gasteiger partial charge in [-0.05, 0) is 0 Å². The zero-order chi connectivity index (χ0) is 38.2. The zero-order valence-electron chi connectivity index (χ0n) is 27.1. The van der Waals surface area contributed by atoms with Crippen LogP contribution in [0.5, 0.6) is 0 Å². The van der Waals surface area contributed by atoms with E-state index in [9.17, 15) is 57.1 Å². The molecule has 0 spiro atoms. The van der Waals surface area contributed by atoms with Crippen LogP contribution in [0.25, 0.3) is 10.5 Å². The summed E-state index contributed by atoms with van der Waals surface area (Å²) in [6, 6.07) is 5.79. The Bertz CT molecular complexity index is 2550. The predicted molar refractivity (Wildman–Crippen MR) is 193 cm³/mol. The number of hydrogen-bond donors (Lipinski definition) is 4. The Morgan fingerprint density at radius 1 is 0.981 bits per heavy atom. The fourth-order valence-electron chi connectivity index (χ4n) is 5.28. The van der Waals surface area contributed by atoms with E-state index in [0.717, 1.165) is 25.2 Å². The van der Waals surface area contributed by atoms with E-state index in [-0.39, 0.29) is 53.6 Å². The Kier molecular flexibility index (Phi) is 11.5. The van der Waals surface area contributed by atoms with Gasteiger partial charge in [-0.1, -0.05) is 12.2 Å². The molecule has 5 rings (SSSR count). The van der Waals surface area contributed by atoms with Crippen LogP contribution in [0.1, 0.15) is 25.3 Å². The number of benzene rings is 1. The molecule has 0 aliphatic carbocycles. The van der Waals surface area contributed by atoms with Crippen LogP contribution in [0, 0.1) is 17.0 Å². The van der Waals surface area contributed by atoms with E-state index in [1.165, 1.54) is 0 Å². The monoisotopic (exact) mass is 860 g/mol. The third kappa shape index (κ3) is 8.17. The second kappa shape index (κ2) is 15.3. The number of nitrogens with zero attached hydrogens (tertiary/aromatic N) is 4. The molecule has 52 heavy (non-hydrogen) atoms. The molecule has 17 nitrogen and oxygen atoms in total. The fraction of sp³-hybridized carbons (Fsp3) is 0.300. The molecule has 0 saturated carbocycles. The average Bonchev–Trinajstić information content (AvgIpc) is 3.73. The van der Waals surface area contributed by atoms with Crippen molar-refractivity contribution >= 4 is 109 Å². The number of carboxylic acid groups (broad SMARTS) is 3. The number of aryl methyl sites for hydroxylation is 1. The number of aliphatic carboxylic acids is 3. The van der Waals surface area contributed by atoms with Crippen molar-refractivity contribution in [1.82, 2.24) is 14.0 Å². The molecule has 2 aliphatic heterocycles. The van der Waals surface area contributed by atoms with Gasteiger partial charge in [-0.15, -0.1) is 0 Å². The molecule has 0 bridgehead atoms. The van der Waals surface area contributed by atoms with Crippen LogP contribution in [-0.2, 0) is 42.4 Å². The Morgan fingerprint density at radius 3 is 2.25 bits per heavy atom. The van der Waals surface area contributed by atoms with Gasteiger partial charge in [0.1, 0.15) is 6.54 Å². The number of rotatable bonds is 12. The zero-order valence-corrected chi connectivity index (χ0v) is 32.0. The third-order valence-electron chi connectivity index (χ3n) is 7.52. The molecule has 1 fully saturated rings. The number of anilines is 1. The maximum atomic E-state index is 13.9. The van der Waals surface area contributed by atoms with E-state index in [1.807, 2.05) is 30.0 Å². The molecule has 22 heteroatoms. The second-order valence-corrected chi connectivity index (χ2v) is 17.7. The quantitative estimate of drug-likeness (QED) is 0.0971. The third-order valence-corrected chi connectivity index (χ3v) is 13.4. The van der Waals surface area contributed by atoms with Crippen molar-refractivity contribution in [2.24, 2.45) is 0 Å². The first kappa shape index (κ1) is 38.9. The first-order valence-electron chi connectivity index (χ1n) is 15.0. The van der Waals surface area contributed by atoms with Gasteiger partial charge in [0, 0.05) is 0 Å². The molecule has 1 amide bonds. The second-order valence-electron chi connectivity index (χ2n) is 11.3. The van der Waals surface area contributed by atoms with Gasteiger partial charge in [0.2, 0.25) is 0 Å². The van der Waals surface area contributed by atoms with Crippen LogP contribution < -0.4 is 30.6 Å². The van der Waals surface area contributed by atoms with Gasteiger partial charge in [-0.3, -0.25) is 4.79 Å². The molecule has 4 heterocycles. The average molecular weight is 860 g/mol. The summed E-state index contributed by atoms with van der Waals surface area (Å²) < 4.78 is 40.6. The van der Waals surface area contributed by atoms with Crippen molar-refractivity contribution in [3.63, 3.8) is 0 Å². The number of aromatic nitrogens is 2. The summed E-state index contributed by atoms with van der Waals surface area (Å²) in [5.74, 6) is -5.68. The molecule has 0 atom stereocenters. The van der Waals surface area contributed by atoms with E-state index in [1.54, 1.807) is 13.0 Å². The van der Waals surface area contributed by atoms with Crippen LogP contribution in [0.3, 0.4) is 0 Å². The number of carboxylic acids is 3. The fourth-order valence-corrected chi connectivity index (χ4v) is 10.7. The Morgan fingerprint density at radius 2 is 1.63 bits per heavy atom. The van der Waals surface area contributed by atoms with Gasteiger partial charge in [0.25, 0.3) is 0 Å². The van der Waals surface area contributed by atoms with Crippen molar-refractivity contribution in [2.45, 2.75) is 39.8 Å². The summed E-state index contributed by atoms with van der Waals surface area (Å²) in [4.78, 5) is 78.4. The molecule has 4 N–H and O–H groups in total. The number of allylic oxidation sites excluding steroid dienone is 1. The maximum absolute atomic E-state index is 13.9. The molecular formula is C30H28N4O13S4Se. The van der Waals surface area contributed by atoms with E-state index >= 15 is 0 Å². The number of thioether (sulfide) groups is 1. The molecule has 1 aromatic carbocycles. The summed E-state index contributed by atoms with van der Waals surface area (Å²) in [7, 11) is -4.23. The Labute approximate surface area is 312 Å².